The second kappa shape index (κ2) is 8.51. The van der Waals surface area contributed by atoms with Crippen molar-refractivity contribution < 1.29 is 18.8 Å². The van der Waals surface area contributed by atoms with E-state index in [9.17, 15) is 14.4 Å². The molecule has 3 amide bonds. The third kappa shape index (κ3) is 4.34. The summed E-state index contributed by atoms with van der Waals surface area (Å²) in [6.07, 6.45) is 2.55. The number of carbonyl (C=O) groups is 3. The van der Waals surface area contributed by atoms with Crippen molar-refractivity contribution in [2.24, 2.45) is 5.92 Å². The lowest BCUT2D eigenvalue weighted by Gasteiger charge is -2.35. The van der Waals surface area contributed by atoms with E-state index >= 15 is 0 Å². The van der Waals surface area contributed by atoms with Gasteiger partial charge in [0.1, 0.15) is 0 Å². The second-order valence-corrected chi connectivity index (χ2v) is 7.57. The van der Waals surface area contributed by atoms with E-state index in [4.69, 9.17) is 4.42 Å². The van der Waals surface area contributed by atoms with Crippen LogP contribution in [0.2, 0.25) is 0 Å². The zero-order chi connectivity index (χ0) is 20.2. The minimum Gasteiger partial charge on any atom is -0.459 e. The molecule has 7 heteroatoms. The van der Waals surface area contributed by atoms with Gasteiger partial charge >= 0.3 is 0 Å². The monoisotopic (exact) mass is 395 g/mol. The van der Waals surface area contributed by atoms with Gasteiger partial charge < -0.3 is 19.1 Å². The molecular weight excluding hydrogens is 370 g/mol. The van der Waals surface area contributed by atoms with Crippen molar-refractivity contribution in [1.82, 2.24) is 14.7 Å². The van der Waals surface area contributed by atoms with Crippen LogP contribution in [0.4, 0.5) is 0 Å². The van der Waals surface area contributed by atoms with Crippen LogP contribution in [0.5, 0.6) is 0 Å². The zero-order valence-electron chi connectivity index (χ0n) is 16.3. The van der Waals surface area contributed by atoms with Gasteiger partial charge in [0, 0.05) is 45.7 Å². The van der Waals surface area contributed by atoms with Crippen LogP contribution in [0.3, 0.4) is 0 Å². The topological polar surface area (TPSA) is 74.1 Å². The Bertz CT molecular complexity index is 857. The van der Waals surface area contributed by atoms with E-state index in [1.165, 1.54) is 11.8 Å². The number of rotatable bonds is 5. The van der Waals surface area contributed by atoms with Gasteiger partial charge in [-0.05, 0) is 24.1 Å². The molecule has 0 N–H and O–H groups in total. The molecule has 3 heterocycles. The van der Waals surface area contributed by atoms with Gasteiger partial charge in [-0.1, -0.05) is 30.3 Å². The number of likely N-dealkylation sites (tertiary alicyclic amines) is 1. The van der Waals surface area contributed by atoms with E-state index in [0.717, 1.165) is 6.42 Å². The Morgan fingerprint density at radius 1 is 0.966 bits per heavy atom. The summed E-state index contributed by atoms with van der Waals surface area (Å²) in [6, 6.07) is 13.4. The van der Waals surface area contributed by atoms with E-state index in [-0.39, 0.29) is 30.1 Å². The summed E-state index contributed by atoms with van der Waals surface area (Å²) in [4.78, 5) is 42.9. The Hall–Kier alpha value is -3.09. The highest BCUT2D eigenvalue weighted by Crippen LogP contribution is 2.22. The Balaban J connectivity index is 1.27. The number of carbonyl (C=O) groups excluding carboxylic acids is 3. The summed E-state index contributed by atoms with van der Waals surface area (Å²) in [6.45, 7) is 3.04. The van der Waals surface area contributed by atoms with Crippen molar-refractivity contribution >= 4 is 17.7 Å². The molecule has 0 radical (unpaired) electrons. The number of furan rings is 1. The Morgan fingerprint density at radius 2 is 1.69 bits per heavy atom. The molecule has 0 aliphatic carbocycles. The Labute approximate surface area is 169 Å². The Morgan fingerprint density at radius 3 is 2.38 bits per heavy atom. The quantitative estimate of drug-likeness (QED) is 0.772. The zero-order valence-corrected chi connectivity index (χ0v) is 16.3. The lowest BCUT2D eigenvalue weighted by molar-refractivity contribution is -0.137. The largest absolute Gasteiger partial charge is 0.459 e. The molecule has 1 atom stereocenters. The molecule has 7 nitrogen and oxygen atoms in total. The van der Waals surface area contributed by atoms with E-state index < -0.39 is 0 Å². The van der Waals surface area contributed by atoms with Gasteiger partial charge in [-0.3, -0.25) is 14.4 Å². The lowest BCUT2D eigenvalue weighted by Crippen LogP contribution is -2.52. The first-order chi connectivity index (χ1) is 14.1. The normalized spacial score (nSPS) is 19.7. The molecule has 2 saturated heterocycles. The van der Waals surface area contributed by atoms with Crippen molar-refractivity contribution in [3.05, 3.63) is 60.1 Å². The second-order valence-electron chi connectivity index (χ2n) is 7.57. The summed E-state index contributed by atoms with van der Waals surface area (Å²) in [5.74, 6) is -0.0485. The summed E-state index contributed by atoms with van der Waals surface area (Å²) in [5, 5.41) is 0. The van der Waals surface area contributed by atoms with Gasteiger partial charge in [-0.2, -0.15) is 0 Å². The van der Waals surface area contributed by atoms with Gasteiger partial charge in [-0.15, -0.1) is 0 Å². The fourth-order valence-electron chi connectivity index (χ4n) is 4.01. The number of piperazine rings is 1. The Kier molecular flexibility index (Phi) is 5.64. The molecule has 2 aliphatic rings. The standard InChI is InChI=1S/C22H25N3O4/c26-20-15-18(16-25(20)9-8-17-5-2-1-3-6-17)21(27)23-10-12-24(13-11-23)22(28)19-7-4-14-29-19/h1-7,14,18H,8-13,15-16H2/t18-/m1/s1. The average molecular weight is 395 g/mol. The molecule has 0 spiro atoms. The maximum Gasteiger partial charge on any atom is 0.289 e. The first-order valence-corrected chi connectivity index (χ1v) is 10.0. The maximum atomic E-state index is 12.9. The van der Waals surface area contributed by atoms with Crippen LogP contribution in [-0.2, 0) is 16.0 Å². The minimum atomic E-state index is -0.286. The van der Waals surface area contributed by atoms with Crippen LogP contribution < -0.4 is 0 Å². The van der Waals surface area contributed by atoms with Gasteiger partial charge in [0.25, 0.3) is 5.91 Å². The smallest absolute Gasteiger partial charge is 0.289 e. The molecule has 29 heavy (non-hydrogen) atoms. The fraction of sp³-hybridized carbons (Fsp3) is 0.409. The van der Waals surface area contributed by atoms with E-state index in [1.807, 2.05) is 30.3 Å². The van der Waals surface area contributed by atoms with Crippen LogP contribution in [0.15, 0.2) is 53.1 Å². The van der Waals surface area contributed by atoms with E-state index in [2.05, 4.69) is 0 Å². The number of benzene rings is 1. The first-order valence-electron chi connectivity index (χ1n) is 10.0. The number of hydrogen-bond acceptors (Lipinski definition) is 4. The summed E-state index contributed by atoms with van der Waals surface area (Å²) in [5.41, 5.74) is 1.19. The molecular formula is C22H25N3O4. The highest BCUT2D eigenvalue weighted by molar-refractivity contribution is 5.92. The van der Waals surface area contributed by atoms with Gasteiger partial charge in [0.15, 0.2) is 5.76 Å². The van der Waals surface area contributed by atoms with Crippen LogP contribution in [0.1, 0.15) is 22.5 Å². The average Bonchev–Trinajstić information content (AvgIpc) is 3.42. The van der Waals surface area contributed by atoms with Crippen molar-refractivity contribution in [2.75, 3.05) is 39.3 Å². The number of hydrogen-bond donors (Lipinski definition) is 0. The van der Waals surface area contributed by atoms with Gasteiger partial charge in [0.2, 0.25) is 11.8 Å². The molecule has 0 saturated carbocycles. The van der Waals surface area contributed by atoms with Gasteiger partial charge in [0.05, 0.1) is 12.2 Å². The van der Waals surface area contributed by atoms with Crippen LogP contribution in [0.25, 0.3) is 0 Å². The molecule has 0 bridgehead atoms. The highest BCUT2D eigenvalue weighted by atomic mass is 16.3. The van der Waals surface area contributed by atoms with Crippen molar-refractivity contribution in [1.29, 1.82) is 0 Å². The molecule has 2 aliphatic heterocycles. The maximum absolute atomic E-state index is 12.9. The summed E-state index contributed by atoms with van der Waals surface area (Å²) >= 11 is 0. The molecule has 152 valence electrons. The van der Waals surface area contributed by atoms with E-state index in [1.54, 1.807) is 26.8 Å². The SMILES string of the molecule is O=C1C[C@@H](C(=O)N2CCN(C(=O)c3ccco3)CC2)CN1CCc1ccccc1. The number of amides is 3. The molecule has 1 aromatic heterocycles. The summed E-state index contributed by atoms with van der Waals surface area (Å²) < 4.78 is 5.17. The molecule has 2 fully saturated rings. The van der Waals surface area contributed by atoms with Crippen molar-refractivity contribution in [3.8, 4) is 0 Å². The van der Waals surface area contributed by atoms with Crippen LogP contribution in [-0.4, -0.2) is 71.7 Å². The minimum absolute atomic E-state index is 0.0191. The van der Waals surface area contributed by atoms with Crippen molar-refractivity contribution in [2.45, 2.75) is 12.8 Å². The fourth-order valence-corrected chi connectivity index (χ4v) is 4.01. The predicted molar refractivity (Wildman–Crippen MR) is 106 cm³/mol. The molecule has 4 rings (SSSR count). The van der Waals surface area contributed by atoms with E-state index in [0.29, 0.717) is 45.0 Å². The highest BCUT2D eigenvalue weighted by Gasteiger charge is 2.37. The van der Waals surface area contributed by atoms with Crippen LogP contribution in [0, 0.1) is 5.92 Å². The molecule has 1 aromatic carbocycles. The number of nitrogens with zero attached hydrogens (tertiary/aromatic N) is 3. The summed E-state index contributed by atoms with van der Waals surface area (Å²) in [7, 11) is 0. The van der Waals surface area contributed by atoms with Gasteiger partial charge in [-0.25, -0.2) is 0 Å². The third-order valence-corrected chi connectivity index (χ3v) is 5.69. The molecule has 0 unspecified atom stereocenters. The van der Waals surface area contributed by atoms with Crippen LogP contribution >= 0.6 is 0 Å². The van der Waals surface area contributed by atoms with Crippen molar-refractivity contribution in [3.63, 3.8) is 0 Å². The first kappa shape index (κ1) is 19.2. The predicted octanol–water partition coefficient (Wildman–Crippen LogP) is 1.66. The molecule has 2 aromatic rings. The lowest BCUT2D eigenvalue weighted by atomic mass is 10.1. The third-order valence-electron chi connectivity index (χ3n) is 5.69.